The summed E-state index contributed by atoms with van der Waals surface area (Å²) in [4.78, 5) is 25.0. The van der Waals surface area contributed by atoms with Gasteiger partial charge in [0.05, 0.1) is 18.4 Å². The molecule has 2 amide bonds. The van der Waals surface area contributed by atoms with E-state index < -0.39 is 0 Å². The summed E-state index contributed by atoms with van der Waals surface area (Å²) in [6.07, 6.45) is 0. The van der Waals surface area contributed by atoms with Crippen LogP contribution >= 0.6 is 15.9 Å². The molecule has 0 fully saturated rings. The number of carbonyl (C=O) groups is 2. The Morgan fingerprint density at radius 3 is 2.37 bits per heavy atom. The molecule has 5 nitrogen and oxygen atoms in total. The zero-order valence-corrected chi connectivity index (χ0v) is 16.1. The third-order valence-electron chi connectivity index (χ3n) is 3.86. The second kappa shape index (κ2) is 8.51. The maximum Gasteiger partial charge on any atom is 0.256 e. The van der Waals surface area contributed by atoms with Crippen LogP contribution in [0.2, 0.25) is 0 Å². The molecule has 0 heterocycles. The van der Waals surface area contributed by atoms with Crippen molar-refractivity contribution in [3.05, 3.63) is 88.4 Å². The summed E-state index contributed by atoms with van der Waals surface area (Å²) in [6, 6.07) is 21.1. The van der Waals surface area contributed by atoms with Crippen LogP contribution in [-0.4, -0.2) is 18.9 Å². The minimum absolute atomic E-state index is 0.259. The predicted octanol–water partition coefficient (Wildman–Crippen LogP) is 4.96. The lowest BCUT2D eigenvalue weighted by Crippen LogP contribution is -2.15. The molecule has 3 aromatic carbocycles. The summed E-state index contributed by atoms with van der Waals surface area (Å²) < 4.78 is 5.94. The van der Waals surface area contributed by atoms with E-state index in [1.807, 2.05) is 18.2 Å². The molecule has 0 unspecified atom stereocenters. The van der Waals surface area contributed by atoms with Gasteiger partial charge in [0.25, 0.3) is 11.8 Å². The molecule has 0 atom stereocenters. The maximum atomic E-state index is 12.6. The number of para-hydroxylation sites is 2. The first-order valence-corrected chi connectivity index (χ1v) is 8.98. The van der Waals surface area contributed by atoms with E-state index >= 15 is 0 Å². The van der Waals surface area contributed by atoms with Gasteiger partial charge in [0.2, 0.25) is 0 Å². The Morgan fingerprint density at radius 1 is 0.852 bits per heavy atom. The van der Waals surface area contributed by atoms with Crippen LogP contribution in [0.3, 0.4) is 0 Å². The van der Waals surface area contributed by atoms with E-state index in [0.717, 1.165) is 0 Å². The third kappa shape index (κ3) is 4.54. The first kappa shape index (κ1) is 18.7. The predicted molar refractivity (Wildman–Crippen MR) is 109 cm³/mol. The average Bonchev–Trinajstić information content (AvgIpc) is 2.69. The number of hydrogen-bond donors (Lipinski definition) is 2. The molecule has 0 saturated heterocycles. The Balaban J connectivity index is 1.76. The molecule has 0 radical (unpaired) electrons. The highest BCUT2D eigenvalue weighted by molar-refractivity contribution is 9.10. The van der Waals surface area contributed by atoms with Crippen molar-refractivity contribution in [2.45, 2.75) is 0 Å². The first-order valence-electron chi connectivity index (χ1n) is 8.19. The van der Waals surface area contributed by atoms with E-state index in [9.17, 15) is 9.59 Å². The highest BCUT2D eigenvalue weighted by Gasteiger charge is 2.12. The number of benzene rings is 3. The number of nitrogens with one attached hydrogen (secondary N) is 2. The summed E-state index contributed by atoms with van der Waals surface area (Å²) in [5.41, 5.74) is 2.04. The number of carbonyl (C=O) groups excluding carboxylic acids is 2. The van der Waals surface area contributed by atoms with Gasteiger partial charge in [-0.1, -0.05) is 30.3 Å². The Hall–Kier alpha value is -3.12. The van der Waals surface area contributed by atoms with Crippen molar-refractivity contribution in [1.82, 2.24) is 0 Å². The van der Waals surface area contributed by atoms with Crippen molar-refractivity contribution >= 4 is 39.1 Å². The number of methoxy groups -OCH3 is 1. The van der Waals surface area contributed by atoms with Gasteiger partial charge in [-0.3, -0.25) is 9.59 Å². The van der Waals surface area contributed by atoms with Gasteiger partial charge >= 0.3 is 0 Å². The molecule has 3 rings (SSSR count). The van der Waals surface area contributed by atoms with E-state index in [2.05, 4.69) is 26.6 Å². The Labute approximate surface area is 165 Å². The third-order valence-corrected chi connectivity index (χ3v) is 4.55. The van der Waals surface area contributed by atoms with Crippen LogP contribution in [0, 0.1) is 0 Å². The molecule has 27 heavy (non-hydrogen) atoms. The quantitative estimate of drug-likeness (QED) is 0.607. The van der Waals surface area contributed by atoms with Crippen LogP contribution < -0.4 is 15.4 Å². The summed E-state index contributed by atoms with van der Waals surface area (Å²) in [6.45, 7) is 0. The minimum atomic E-state index is -0.295. The number of halogens is 1. The Morgan fingerprint density at radius 2 is 1.59 bits per heavy atom. The van der Waals surface area contributed by atoms with Crippen molar-refractivity contribution in [3.8, 4) is 5.75 Å². The molecule has 2 N–H and O–H groups in total. The highest BCUT2D eigenvalue weighted by Crippen LogP contribution is 2.24. The van der Waals surface area contributed by atoms with Gasteiger partial charge in [0.1, 0.15) is 5.75 Å². The summed E-state index contributed by atoms with van der Waals surface area (Å²) >= 11 is 3.36. The van der Waals surface area contributed by atoms with Crippen LogP contribution in [0.4, 0.5) is 11.4 Å². The topological polar surface area (TPSA) is 67.4 Å². The molecule has 0 aliphatic rings. The van der Waals surface area contributed by atoms with Crippen LogP contribution in [0.5, 0.6) is 5.75 Å². The Bertz CT molecular complexity index is 988. The average molecular weight is 425 g/mol. The van der Waals surface area contributed by atoms with Gasteiger partial charge in [-0.05, 0) is 58.4 Å². The van der Waals surface area contributed by atoms with Crippen LogP contribution in [-0.2, 0) is 0 Å². The molecule has 6 heteroatoms. The van der Waals surface area contributed by atoms with Crippen molar-refractivity contribution in [3.63, 3.8) is 0 Å². The lowest BCUT2D eigenvalue weighted by molar-refractivity contribution is 0.101. The second-order valence-corrected chi connectivity index (χ2v) is 6.52. The largest absolute Gasteiger partial charge is 0.495 e. The lowest BCUT2D eigenvalue weighted by Gasteiger charge is -2.11. The summed E-state index contributed by atoms with van der Waals surface area (Å²) in [7, 11) is 1.54. The van der Waals surface area contributed by atoms with Crippen molar-refractivity contribution in [2.75, 3.05) is 17.7 Å². The number of amides is 2. The van der Waals surface area contributed by atoms with Gasteiger partial charge < -0.3 is 15.4 Å². The number of rotatable bonds is 5. The maximum absolute atomic E-state index is 12.6. The van der Waals surface area contributed by atoms with Crippen LogP contribution in [0.1, 0.15) is 20.7 Å². The van der Waals surface area contributed by atoms with Gasteiger partial charge in [-0.25, -0.2) is 0 Å². The molecule has 136 valence electrons. The molecular weight excluding hydrogens is 408 g/mol. The zero-order valence-electron chi connectivity index (χ0n) is 14.5. The fourth-order valence-electron chi connectivity index (χ4n) is 2.52. The second-order valence-electron chi connectivity index (χ2n) is 5.67. The highest BCUT2D eigenvalue weighted by atomic mass is 79.9. The fraction of sp³-hybridized carbons (Fsp3) is 0.0476. The SMILES string of the molecule is COc1ccccc1NC(=O)c1cccc(NC(=O)c2ccccc2Br)c1. The van der Waals surface area contributed by atoms with Crippen molar-refractivity contribution < 1.29 is 14.3 Å². The van der Waals surface area contributed by atoms with Crippen LogP contribution in [0.25, 0.3) is 0 Å². The van der Waals surface area contributed by atoms with Gasteiger partial charge in [0, 0.05) is 15.7 Å². The molecule has 0 aliphatic carbocycles. The number of ether oxygens (including phenoxy) is 1. The van der Waals surface area contributed by atoms with Crippen molar-refractivity contribution in [1.29, 1.82) is 0 Å². The van der Waals surface area contributed by atoms with Crippen LogP contribution in [0.15, 0.2) is 77.3 Å². The van der Waals surface area contributed by atoms with E-state index in [1.165, 1.54) is 0 Å². The van der Waals surface area contributed by atoms with Gasteiger partial charge in [-0.2, -0.15) is 0 Å². The monoisotopic (exact) mass is 424 g/mol. The van der Waals surface area contributed by atoms with E-state index in [-0.39, 0.29) is 11.8 Å². The zero-order chi connectivity index (χ0) is 19.2. The van der Waals surface area contributed by atoms with E-state index in [1.54, 1.807) is 61.7 Å². The number of hydrogen-bond acceptors (Lipinski definition) is 3. The summed E-state index contributed by atoms with van der Waals surface area (Å²) in [5.74, 6) is 0.0190. The normalized spacial score (nSPS) is 10.1. The molecule has 0 spiro atoms. The minimum Gasteiger partial charge on any atom is -0.495 e. The van der Waals surface area contributed by atoms with Gasteiger partial charge in [0.15, 0.2) is 0 Å². The molecule has 0 aliphatic heterocycles. The molecule has 3 aromatic rings. The molecule has 0 saturated carbocycles. The summed E-state index contributed by atoms with van der Waals surface area (Å²) in [5, 5.41) is 5.62. The molecular formula is C21H17BrN2O3. The van der Waals surface area contributed by atoms with E-state index in [4.69, 9.17) is 4.74 Å². The fourth-order valence-corrected chi connectivity index (χ4v) is 2.99. The first-order chi connectivity index (χ1) is 13.1. The van der Waals surface area contributed by atoms with E-state index in [0.29, 0.717) is 32.7 Å². The molecule has 0 aromatic heterocycles. The molecule has 0 bridgehead atoms. The smallest absolute Gasteiger partial charge is 0.256 e. The Kier molecular flexibility index (Phi) is 5.88. The van der Waals surface area contributed by atoms with Crippen molar-refractivity contribution in [2.24, 2.45) is 0 Å². The van der Waals surface area contributed by atoms with Gasteiger partial charge in [-0.15, -0.1) is 0 Å². The standard InChI is InChI=1S/C21H17BrN2O3/c1-27-19-12-5-4-11-18(19)24-20(25)14-7-6-8-15(13-14)23-21(26)16-9-2-3-10-17(16)22/h2-13H,1H3,(H,23,26)(H,24,25). The number of anilines is 2. The lowest BCUT2D eigenvalue weighted by atomic mass is 10.1.